The maximum atomic E-state index is 13.0. The summed E-state index contributed by atoms with van der Waals surface area (Å²) in [6.07, 6.45) is 9.15. The van der Waals surface area contributed by atoms with Crippen molar-refractivity contribution in [1.29, 1.82) is 0 Å². The van der Waals surface area contributed by atoms with Crippen LogP contribution in [0.2, 0.25) is 0 Å². The summed E-state index contributed by atoms with van der Waals surface area (Å²) in [5.41, 5.74) is 2.94. The SMILES string of the molecule is CN(C)CCn1ccnc1[C@H]1CCCN(C(=O)c2n[nH]c3c2CCC3)C1. The van der Waals surface area contributed by atoms with Crippen molar-refractivity contribution in [2.75, 3.05) is 33.7 Å². The van der Waals surface area contributed by atoms with E-state index in [2.05, 4.69) is 44.9 Å². The molecular weight excluding hydrogens is 328 g/mol. The fraction of sp³-hybridized carbons (Fsp3) is 0.632. The van der Waals surface area contributed by atoms with E-state index in [0.29, 0.717) is 11.6 Å². The van der Waals surface area contributed by atoms with Crippen molar-refractivity contribution in [3.05, 3.63) is 35.2 Å². The van der Waals surface area contributed by atoms with E-state index in [1.54, 1.807) is 0 Å². The van der Waals surface area contributed by atoms with Gasteiger partial charge in [-0.25, -0.2) is 4.98 Å². The summed E-state index contributed by atoms with van der Waals surface area (Å²) in [5.74, 6) is 1.49. The molecule has 1 atom stereocenters. The Balaban J connectivity index is 1.48. The van der Waals surface area contributed by atoms with Crippen molar-refractivity contribution in [3.63, 3.8) is 0 Å². The second kappa shape index (κ2) is 7.23. The molecule has 1 aliphatic carbocycles. The first-order valence-electron chi connectivity index (χ1n) is 9.64. The van der Waals surface area contributed by atoms with Gasteiger partial charge in [-0.3, -0.25) is 9.89 Å². The van der Waals surface area contributed by atoms with Crippen LogP contribution in [0.3, 0.4) is 0 Å². The molecule has 4 rings (SSSR count). The standard InChI is InChI=1S/C19H28N6O/c1-23(2)11-12-24-10-8-20-18(24)14-5-4-9-25(13-14)19(26)17-15-6-3-7-16(15)21-22-17/h8,10,14H,3-7,9,11-13H2,1-2H3,(H,21,22)/t14-/m0/s1. The van der Waals surface area contributed by atoms with Crippen molar-refractivity contribution in [2.45, 2.75) is 44.6 Å². The maximum absolute atomic E-state index is 13.0. The minimum absolute atomic E-state index is 0.0838. The van der Waals surface area contributed by atoms with Gasteiger partial charge in [0, 0.05) is 55.7 Å². The molecule has 1 aliphatic heterocycles. The van der Waals surface area contributed by atoms with E-state index in [4.69, 9.17) is 0 Å². The molecule has 2 aromatic heterocycles. The van der Waals surface area contributed by atoms with Gasteiger partial charge in [0.1, 0.15) is 5.82 Å². The number of likely N-dealkylation sites (N-methyl/N-ethyl adjacent to an activating group) is 1. The molecule has 1 saturated heterocycles. The predicted octanol–water partition coefficient (Wildman–Crippen LogP) is 1.68. The molecule has 0 aromatic carbocycles. The minimum Gasteiger partial charge on any atom is -0.337 e. The maximum Gasteiger partial charge on any atom is 0.274 e. The first-order chi connectivity index (χ1) is 12.6. The van der Waals surface area contributed by atoms with E-state index < -0.39 is 0 Å². The van der Waals surface area contributed by atoms with Crippen LogP contribution in [0.15, 0.2) is 12.4 Å². The molecule has 0 radical (unpaired) electrons. The van der Waals surface area contributed by atoms with Gasteiger partial charge in [0.25, 0.3) is 5.91 Å². The number of aromatic nitrogens is 4. The Hall–Kier alpha value is -2.15. The summed E-state index contributed by atoms with van der Waals surface area (Å²) >= 11 is 0. The lowest BCUT2D eigenvalue weighted by Crippen LogP contribution is -2.40. The average molecular weight is 356 g/mol. The van der Waals surface area contributed by atoms with E-state index in [0.717, 1.165) is 75.4 Å². The van der Waals surface area contributed by atoms with Crippen LogP contribution < -0.4 is 0 Å². The number of hydrogen-bond acceptors (Lipinski definition) is 4. The zero-order valence-electron chi connectivity index (χ0n) is 15.7. The predicted molar refractivity (Wildman–Crippen MR) is 99.3 cm³/mol. The number of nitrogens with one attached hydrogen (secondary N) is 1. The molecule has 2 aliphatic rings. The third-order valence-corrected chi connectivity index (χ3v) is 5.62. The quantitative estimate of drug-likeness (QED) is 0.885. The highest BCUT2D eigenvalue weighted by Crippen LogP contribution is 2.29. The highest BCUT2D eigenvalue weighted by Gasteiger charge is 2.31. The third kappa shape index (κ3) is 3.28. The van der Waals surface area contributed by atoms with Crippen molar-refractivity contribution in [3.8, 4) is 0 Å². The molecule has 0 spiro atoms. The Labute approximate surface area is 154 Å². The van der Waals surface area contributed by atoms with Crippen molar-refractivity contribution >= 4 is 5.91 Å². The van der Waals surface area contributed by atoms with Gasteiger partial charge in [0.15, 0.2) is 5.69 Å². The van der Waals surface area contributed by atoms with Gasteiger partial charge in [0.05, 0.1) is 0 Å². The highest BCUT2D eigenvalue weighted by atomic mass is 16.2. The molecule has 1 N–H and O–H groups in total. The first-order valence-corrected chi connectivity index (χ1v) is 9.64. The summed E-state index contributed by atoms with van der Waals surface area (Å²) in [7, 11) is 4.17. The fourth-order valence-corrected chi connectivity index (χ4v) is 4.20. The van der Waals surface area contributed by atoms with Crippen LogP contribution in [0, 0.1) is 0 Å². The Morgan fingerprint density at radius 1 is 1.35 bits per heavy atom. The van der Waals surface area contributed by atoms with Crippen molar-refractivity contribution in [1.82, 2.24) is 29.5 Å². The topological polar surface area (TPSA) is 70.1 Å². The van der Waals surface area contributed by atoms with E-state index in [1.165, 1.54) is 0 Å². The number of H-pyrrole nitrogens is 1. The normalized spacial score (nSPS) is 20.0. The molecule has 26 heavy (non-hydrogen) atoms. The number of carbonyl (C=O) groups excluding carboxylic acids is 1. The monoisotopic (exact) mass is 356 g/mol. The Morgan fingerprint density at radius 3 is 3.08 bits per heavy atom. The number of imidazole rings is 1. The number of hydrogen-bond donors (Lipinski definition) is 1. The molecular formula is C19H28N6O. The smallest absolute Gasteiger partial charge is 0.274 e. The van der Waals surface area contributed by atoms with E-state index >= 15 is 0 Å². The molecule has 0 unspecified atom stereocenters. The zero-order valence-corrected chi connectivity index (χ0v) is 15.7. The molecule has 7 heteroatoms. The molecule has 3 heterocycles. The van der Waals surface area contributed by atoms with Crippen LogP contribution in [-0.2, 0) is 19.4 Å². The van der Waals surface area contributed by atoms with Gasteiger partial charge in [0.2, 0.25) is 0 Å². The van der Waals surface area contributed by atoms with Gasteiger partial charge < -0.3 is 14.4 Å². The third-order valence-electron chi connectivity index (χ3n) is 5.62. The molecule has 2 aromatic rings. The van der Waals surface area contributed by atoms with Crippen molar-refractivity contribution in [2.24, 2.45) is 0 Å². The highest BCUT2D eigenvalue weighted by molar-refractivity contribution is 5.94. The van der Waals surface area contributed by atoms with Crippen LogP contribution in [0.4, 0.5) is 0 Å². The summed E-state index contributed by atoms with van der Waals surface area (Å²) in [6, 6.07) is 0. The molecule has 7 nitrogen and oxygen atoms in total. The number of rotatable bonds is 5. The number of fused-ring (bicyclic) bond motifs is 1. The summed E-state index contributed by atoms with van der Waals surface area (Å²) < 4.78 is 2.24. The van der Waals surface area contributed by atoms with Crippen molar-refractivity contribution < 1.29 is 4.79 Å². The molecule has 140 valence electrons. The zero-order chi connectivity index (χ0) is 18.1. The Morgan fingerprint density at radius 2 is 2.23 bits per heavy atom. The largest absolute Gasteiger partial charge is 0.337 e. The second-order valence-electron chi connectivity index (χ2n) is 7.76. The van der Waals surface area contributed by atoms with Crippen LogP contribution in [0.5, 0.6) is 0 Å². The van der Waals surface area contributed by atoms with E-state index in [1.807, 2.05) is 11.1 Å². The lowest BCUT2D eigenvalue weighted by molar-refractivity contribution is 0.0696. The van der Waals surface area contributed by atoms with Gasteiger partial charge >= 0.3 is 0 Å². The molecule has 1 fully saturated rings. The lowest BCUT2D eigenvalue weighted by Gasteiger charge is -2.32. The summed E-state index contributed by atoms with van der Waals surface area (Å²) in [4.78, 5) is 21.8. The molecule has 1 amide bonds. The number of likely N-dealkylation sites (tertiary alicyclic amines) is 1. The summed E-state index contributed by atoms with van der Waals surface area (Å²) in [6.45, 7) is 3.46. The van der Waals surface area contributed by atoms with Gasteiger partial charge in [-0.2, -0.15) is 5.10 Å². The first kappa shape index (κ1) is 17.3. The summed E-state index contributed by atoms with van der Waals surface area (Å²) in [5, 5.41) is 7.39. The minimum atomic E-state index is 0.0838. The number of aryl methyl sites for hydroxylation is 1. The average Bonchev–Trinajstić information content (AvgIpc) is 3.35. The van der Waals surface area contributed by atoms with E-state index in [9.17, 15) is 4.79 Å². The Bertz CT molecular complexity index is 777. The van der Waals surface area contributed by atoms with Crippen LogP contribution in [0.25, 0.3) is 0 Å². The van der Waals surface area contributed by atoms with Gasteiger partial charge in [-0.15, -0.1) is 0 Å². The molecule has 0 saturated carbocycles. The molecule has 0 bridgehead atoms. The number of nitrogens with zero attached hydrogens (tertiary/aromatic N) is 5. The lowest BCUT2D eigenvalue weighted by atomic mass is 9.96. The number of carbonyl (C=O) groups is 1. The van der Waals surface area contributed by atoms with Crippen LogP contribution in [-0.4, -0.2) is 69.2 Å². The number of aromatic amines is 1. The second-order valence-corrected chi connectivity index (χ2v) is 7.76. The number of piperidine rings is 1. The Kier molecular flexibility index (Phi) is 4.80. The fourth-order valence-electron chi connectivity index (χ4n) is 4.20. The van der Waals surface area contributed by atoms with Crippen LogP contribution in [0.1, 0.15) is 52.8 Å². The van der Waals surface area contributed by atoms with Crippen LogP contribution >= 0.6 is 0 Å². The van der Waals surface area contributed by atoms with Gasteiger partial charge in [-0.05, 0) is 46.2 Å². The number of amides is 1. The van der Waals surface area contributed by atoms with E-state index in [-0.39, 0.29) is 5.91 Å². The van der Waals surface area contributed by atoms with Gasteiger partial charge in [-0.1, -0.05) is 0 Å².